The lowest BCUT2D eigenvalue weighted by Gasteiger charge is -2.12. The van der Waals surface area contributed by atoms with Crippen LogP contribution in [0.2, 0.25) is 0 Å². The lowest BCUT2D eigenvalue weighted by Crippen LogP contribution is -2.16. The lowest BCUT2D eigenvalue weighted by molar-refractivity contribution is 0.207. The van der Waals surface area contributed by atoms with Crippen molar-refractivity contribution in [3.8, 4) is 0 Å². The number of rotatable bonds is 5. The van der Waals surface area contributed by atoms with Gasteiger partial charge in [-0.05, 0) is 31.6 Å². The van der Waals surface area contributed by atoms with Crippen LogP contribution < -0.4 is 4.80 Å². The van der Waals surface area contributed by atoms with Gasteiger partial charge < -0.3 is 4.74 Å². The number of aromatic nitrogens is 1. The van der Waals surface area contributed by atoms with Crippen LogP contribution in [-0.4, -0.2) is 31.2 Å². The summed E-state index contributed by atoms with van der Waals surface area (Å²) in [5, 5.41) is 6.78. The molecule has 20 heavy (non-hydrogen) atoms. The molecule has 1 aromatic rings. The highest BCUT2D eigenvalue weighted by atomic mass is 32.1. The molecule has 2 aliphatic rings. The molecule has 0 N–H and O–H groups in total. The molecule has 3 rings (SSSR count). The highest BCUT2D eigenvalue weighted by molar-refractivity contribution is 7.07. The maximum absolute atomic E-state index is 5.04. The molecular formula is C15H21N3OS. The van der Waals surface area contributed by atoms with Crippen molar-refractivity contribution in [3.63, 3.8) is 0 Å². The normalized spacial score (nSPS) is 29.1. The Bertz CT molecular complexity index is 584. The van der Waals surface area contributed by atoms with Crippen LogP contribution in [-0.2, 0) is 4.74 Å². The minimum Gasteiger partial charge on any atom is -0.383 e. The van der Waals surface area contributed by atoms with E-state index in [0.717, 1.165) is 16.4 Å². The average molecular weight is 291 g/mol. The lowest BCUT2D eigenvalue weighted by atomic mass is 9.95. The van der Waals surface area contributed by atoms with Gasteiger partial charge in [-0.15, -0.1) is 11.3 Å². The van der Waals surface area contributed by atoms with Gasteiger partial charge in [0.25, 0.3) is 0 Å². The fraction of sp³-hybridized carbons (Fsp3) is 0.600. The maximum atomic E-state index is 5.04. The van der Waals surface area contributed by atoms with E-state index in [1.165, 1.54) is 12.8 Å². The second-order valence-corrected chi connectivity index (χ2v) is 6.39. The molecule has 1 heterocycles. The number of aryl methyl sites for hydroxylation is 1. The van der Waals surface area contributed by atoms with Crippen molar-refractivity contribution in [1.82, 2.24) is 4.68 Å². The fourth-order valence-corrected chi connectivity index (χ4v) is 3.85. The summed E-state index contributed by atoms with van der Waals surface area (Å²) in [7, 11) is 1.70. The van der Waals surface area contributed by atoms with Crippen LogP contribution in [0.4, 0.5) is 0 Å². The number of methoxy groups -OCH3 is 1. The van der Waals surface area contributed by atoms with Gasteiger partial charge in [-0.2, -0.15) is 5.10 Å². The van der Waals surface area contributed by atoms with E-state index in [1.807, 2.05) is 4.68 Å². The van der Waals surface area contributed by atoms with Crippen molar-refractivity contribution < 1.29 is 4.74 Å². The molecule has 0 aromatic carbocycles. The third kappa shape index (κ3) is 2.79. The van der Waals surface area contributed by atoms with Gasteiger partial charge in [0.2, 0.25) is 4.80 Å². The van der Waals surface area contributed by atoms with E-state index in [-0.39, 0.29) is 0 Å². The smallest absolute Gasteiger partial charge is 0.205 e. The van der Waals surface area contributed by atoms with Crippen molar-refractivity contribution in [2.45, 2.75) is 19.8 Å². The van der Waals surface area contributed by atoms with Gasteiger partial charge >= 0.3 is 0 Å². The van der Waals surface area contributed by atoms with Crippen LogP contribution in [0.25, 0.3) is 0 Å². The van der Waals surface area contributed by atoms with Crippen LogP contribution in [0, 0.1) is 24.7 Å². The molecule has 4 nitrogen and oxygen atoms in total. The van der Waals surface area contributed by atoms with Crippen molar-refractivity contribution in [1.29, 1.82) is 0 Å². The van der Waals surface area contributed by atoms with Crippen molar-refractivity contribution in [2.24, 2.45) is 27.8 Å². The van der Waals surface area contributed by atoms with Crippen LogP contribution >= 0.6 is 11.3 Å². The molecule has 2 bridgehead atoms. The number of nitrogens with zero attached hydrogens (tertiary/aromatic N) is 3. The first-order chi connectivity index (χ1) is 9.78. The molecule has 0 radical (unpaired) electrons. The Balaban J connectivity index is 1.75. The molecule has 0 amide bonds. The third-order valence-electron chi connectivity index (χ3n) is 4.10. The summed E-state index contributed by atoms with van der Waals surface area (Å²) in [5.41, 5.74) is 1.14. The highest BCUT2D eigenvalue weighted by Gasteiger charge is 2.34. The molecule has 1 saturated carbocycles. The van der Waals surface area contributed by atoms with Gasteiger partial charge in [0.15, 0.2) is 0 Å². The van der Waals surface area contributed by atoms with Crippen molar-refractivity contribution >= 4 is 17.6 Å². The van der Waals surface area contributed by atoms with E-state index < -0.39 is 0 Å². The van der Waals surface area contributed by atoms with Gasteiger partial charge in [0, 0.05) is 24.6 Å². The predicted molar refractivity (Wildman–Crippen MR) is 82.1 cm³/mol. The summed E-state index contributed by atoms with van der Waals surface area (Å²) >= 11 is 1.64. The number of hydrogen-bond donors (Lipinski definition) is 0. The van der Waals surface area contributed by atoms with Crippen LogP contribution in [0.5, 0.6) is 0 Å². The largest absolute Gasteiger partial charge is 0.383 e. The van der Waals surface area contributed by atoms with E-state index in [4.69, 9.17) is 4.74 Å². The molecule has 108 valence electrons. The zero-order valence-electron chi connectivity index (χ0n) is 12.0. The maximum Gasteiger partial charge on any atom is 0.205 e. The Morgan fingerprint density at radius 3 is 3.05 bits per heavy atom. The summed E-state index contributed by atoms with van der Waals surface area (Å²) in [6, 6.07) is 0. The van der Waals surface area contributed by atoms with E-state index in [9.17, 15) is 0 Å². The Kier molecular flexibility index (Phi) is 4.17. The molecule has 3 atom stereocenters. The average Bonchev–Trinajstić information content (AvgIpc) is 3.13. The summed E-state index contributed by atoms with van der Waals surface area (Å²) in [6.07, 6.45) is 9.42. The fourth-order valence-electron chi connectivity index (χ4n) is 3.01. The summed E-state index contributed by atoms with van der Waals surface area (Å²) < 4.78 is 6.99. The van der Waals surface area contributed by atoms with Crippen molar-refractivity contribution in [3.05, 3.63) is 28.0 Å². The summed E-state index contributed by atoms with van der Waals surface area (Å²) in [4.78, 5) is 5.49. The van der Waals surface area contributed by atoms with Crippen LogP contribution in [0.3, 0.4) is 0 Å². The molecule has 0 saturated heterocycles. The Hall–Kier alpha value is -1.20. The molecule has 0 spiro atoms. The number of fused-ring (bicyclic) bond motifs is 2. The van der Waals surface area contributed by atoms with Crippen LogP contribution in [0.1, 0.15) is 18.5 Å². The van der Waals surface area contributed by atoms with Crippen LogP contribution in [0.15, 0.2) is 27.6 Å². The second kappa shape index (κ2) is 6.06. The first-order valence-corrected chi connectivity index (χ1v) is 8.05. The van der Waals surface area contributed by atoms with Gasteiger partial charge in [0.05, 0.1) is 18.8 Å². The topological polar surface area (TPSA) is 38.9 Å². The van der Waals surface area contributed by atoms with Gasteiger partial charge in [-0.25, -0.2) is 4.68 Å². The number of hydrogen-bond acceptors (Lipinski definition) is 4. The Morgan fingerprint density at radius 1 is 1.45 bits per heavy atom. The van der Waals surface area contributed by atoms with E-state index in [0.29, 0.717) is 25.0 Å². The van der Waals surface area contributed by atoms with Gasteiger partial charge in [-0.3, -0.25) is 4.99 Å². The highest BCUT2D eigenvalue weighted by Crippen LogP contribution is 2.42. The minimum absolute atomic E-state index is 0.601. The molecule has 5 heteroatoms. The molecule has 0 aliphatic heterocycles. The van der Waals surface area contributed by atoms with Gasteiger partial charge in [-0.1, -0.05) is 12.2 Å². The first-order valence-electron chi connectivity index (χ1n) is 7.17. The standard InChI is InChI=1S/C15H21N3OS/c1-11-10-20-15(16-5-6-19-2)18(11)17-9-14-8-12-3-4-13(14)7-12/h3-4,9-10,12-14H,5-8H2,1-2H3/b16-15?,17-9-/t12-,13-,14-/m1/s1. The zero-order chi connectivity index (χ0) is 13.9. The van der Waals surface area contributed by atoms with E-state index in [1.54, 1.807) is 18.4 Å². The molecule has 0 unspecified atom stereocenters. The monoisotopic (exact) mass is 291 g/mol. The minimum atomic E-state index is 0.601. The summed E-state index contributed by atoms with van der Waals surface area (Å²) in [6.45, 7) is 3.41. The second-order valence-electron chi connectivity index (χ2n) is 5.55. The summed E-state index contributed by atoms with van der Waals surface area (Å²) in [5.74, 6) is 2.09. The Morgan fingerprint density at radius 2 is 2.35 bits per heavy atom. The molecule has 2 aliphatic carbocycles. The Labute approximate surface area is 123 Å². The number of allylic oxidation sites excluding steroid dienone is 2. The first kappa shape index (κ1) is 13.8. The molecular weight excluding hydrogens is 270 g/mol. The third-order valence-corrected chi connectivity index (χ3v) is 5.07. The molecule has 1 aromatic heterocycles. The van der Waals surface area contributed by atoms with E-state index in [2.05, 4.69) is 40.8 Å². The number of ether oxygens (including phenoxy) is 1. The quantitative estimate of drug-likeness (QED) is 0.466. The predicted octanol–water partition coefficient (Wildman–Crippen LogP) is 2.45. The van der Waals surface area contributed by atoms with Crippen molar-refractivity contribution in [2.75, 3.05) is 20.3 Å². The zero-order valence-corrected chi connectivity index (χ0v) is 12.8. The molecule has 1 fully saturated rings. The van der Waals surface area contributed by atoms with Gasteiger partial charge in [0.1, 0.15) is 0 Å². The SMILES string of the molecule is COCCN=c1scc(C)n1/N=C\[C@H]1C[C@@H]2C=C[C@@H]1C2. The van der Waals surface area contributed by atoms with E-state index >= 15 is 0 Å². The number of thiazole rings is 1.